The third-order valence-electron chi connectivity index (χ3n) is 4.89. The molecule has 1 unspecified atom stereocenters. The zero-order chi connectivity index (χ0) is 21.6. The molecule has 29 heavy (non-hydrogen) atoms. The minimum atomic E-state index is -5.63. The highest BCUT2D eigenvalue weighted by Crippen LogP contribution is 2.47. The molecule has 1 aromatic carbocycles. The van der Waals surface area contributed by atoms with E-state index in [1.807, 2.05) is 32.7 Å². The van der Waals surface area contributed by atoms with E-state index < -0.39 is 15.5 Å². The highest BCUT2D eigenvalue weighted by molar-refractivity contribution is 7.93. The number of anilines is 2. The molecule has 1 N–H and O–H groups in total. The maximum atomic E-state index is 12.9. The van der Waals surface area contributed by atoms with Crippen molar-refractivity contribution in [2.24, 2.45) is 10.2 Å². The number of sulfonamides is 1. The summed E-state index contributed by atoms with van der Waals surface area (Å²) < 4.78 is 63.8. The van der Waals surface area contributed by atoms with Crippen LogP contribution in [0.15, 0.2) is 27.9 Å². The molecule has 3 rings (SSSR count). The van der Waals surface area contributed by atoms with Gasteiger partial charge in [0.25, 0.3) is 5.13 Å². The Labute approximate surface area is 169 Å². The molecule has 13 heteroatoms. The molecule has 8 nitrogen and oxygen atoms in total. The van der Waals surface area contributed by atoms with Gasteiger partial charge in [0.15, 0.2) is 0 Å². The predicted octanol–water partition coefficient (Wildman–Crippen LogP) is 4.94. The maximum absolute atomic E-state index is 12.9. The van der Waals surface area contributed by atoms with Crippen LogP contribution in [0, 0.1) is 0 Å². The number of benzene rings is 1. The van der Waals surface area contributed by atoms with Crippen LogP contribution in [0.5, 0.6) is 0 Å². The van der Waals surface area contributed by atoms with Gasteiger partial charge in [0.2, 0.25) is 0 Å². The third kappa shape index (κ3) is 4.20. The van der Waals surface area contributed by atoms with Crippen LogP contribution in [0.25, 0.3) is 0 Å². The summed E-state index contributed by atoms with van der Waals surface area (Å²) in [6.07, 6.45) is 0.803. The first-order valence-electron chi connectivity index (χ1n) is 8.50. The van der Waals surface area contributed by atoms with E-state index >= 15 is 0 Å². The number of hydrogen-bond donors (Lipinski definition) is 1. The van der Waals surface area contributed by atoms with Crippen LogP contribution < -0.4 is 9.62 Å². The maximum Gasteiger partial charge on any atom is 0.516 e. The topological polar surface area (TPSA) is 99.9 Å². The molecule has 0 spiro atoms. The molecule has 2 heterocycles. The van der Waals surface area contributed by atoms with Gasteiger partial charge in [-0.2, -0.15) is 21.6 Å². The van der Waals surface area contributed by atoms with Gasteiger partial charge in [0, 0.05) is 18.3 Å². The smallest absolute Gasteiger partial charge is 0.369 e. The number of alkyl halides is 3. The third-order valence-corrected chi connectivity index (χ3v) is 6.56. The van der Waals surface area contributed by atoms with Gasteiger partial charge in [-0.3, -0.25) is 4.72 Å². The summed E-state index contributed by atoms with van der Waals surface area (Å²) in [7, 11) is -3.81. The molecule has 0 amide bonds. The summed E-state index contributed by atoms with van der Waals surface area (Å²) in [5.74, 6) is 0.0833. The number of nitrogens with zero attached hydrogens (tertiary/aromatic N) is 5. The zero-order valence-electron chi connectivity index (χ0n) is 16.0. The SMILES string of the molecule is CC1CC(C)(C)N(C)c2cc(NS(=O)(=O)C(F)(F)F)c(N=Nc3nncs3)cc21. The molecule has 1 aliphatic heterocycles. The number of hydrogen-bond acceptors (Lipinski definition) is 8. The Hall–Kier alpha value is -2.28. The second-order valence-electron chi connectivity index (χ2n) is 7.38. The minimum absolute atomic E-state index is 0.0354. The monoisotopic (exact) mass is 448 g/mol. The minimum Gasteiger partial charge on any atom is -0.369 e. The lowest BCUT2D eigenvalue weighted by Crippen LogP contribution is -2.45. The van der Waals surface area contributed by atoms with Crippen LogP contribution in [-0.4, -0.2) is 36.7 Å². The van der Waals surface area contributed by atoms with E-state index in [9.17, 15) is 21.6 Å². The van der Waals surface area contributed by atoms with Crippen LogP contribution in [0.1, 0.15) is 38.7 Å². The molecular weight excluding hydrogens is 429 g/mol. The van der Waals surface area contributed by atoms with Crippen LogP contribution in [0.4, 0.5) is 35.4 Å². The quantitative estimate of drug-likeness (QED) is 0.668. The van der Waals surface area contributed by atoms with Gasteiger partial charge in [-0.1, -0.05) is 18.3 Å². The molecular formula is C16H19F3N6O2S2. The first kappa shape index (κ1) is 21.4. The van der Waals surface area contributed by atoms with Crippen molar-refractivity contribution in [2.45, 2.75) is 44.2 Å². The summed E-state index contributed by atoms with van der Waals surface area (Å²) in [5, 5.41) is 15.3. The Balaban J connectivity index is 2.14. The summed E-state index contributed by atoms with van der Waals surface area (Å²) in [4.78, 5) is 1.92. The van der Waals surface area contributed by atoms with E-state index in [1.165, 1.54) is 11.6 Å². The van der Waals surface area contributed by atoms with Crippen molar-refractivity contribution in [1.29, 1.82) is 0 Å². The fraction of sp³-hybridized carbons (Fsp3) is 0.500. The number of halogens is 3. The Morgan fingerprint density at radius 3 is 2.59 bits per heavy atom. The lowest BCUT2D eigenvalue weighted by Gasteiger charge is -2.45. The standard InChI is InChI=1S/C16H19F3N6O2S2/c1-9-7-15(2,3)25(4)13-6-12(24-29(26,27)16(17,18)19)11(5-10(9)13)21-23-14-22-20-8-28-14/h5-6,8-9,24H,7H2,1-4H3. The lowest BCUT2D eigenvalue weighted by atomic mass is 9.80. The second kappa shape index (κ2) is 7.20. The van der Waals surface area contributed by atoms with Gasteiger partial charge in [0.1, 0.15) is 11.2 Å². The van der Waals surface area contributed by atoms with Crippen molar-refractivity contribution in [3.63, 3.8) is 0 Å². The van der Waals surface area contributed by atoms with E-state index in [2.05, 4.69) is 20.4 Å². The van der Waals surface area contributed by atoms with Crippen LogP contribution in [0.2, 0.25) is 0 Å². The largest absolute Gasteiger partial charge is 0.516 e. The molecule has 0 aliphatic carbocycles. The lowest BCUT2D eigenvalue weighted by molar-refractivity contribution is -0.0429. The van der Waals surface area contributed by atoms with Crippen molar-refractivity contribution in [1.82, 2.24) is 10.2 Å². The number of aromatic nitrogens is 2. The zero-order valence-corrected chi connectivity index (χ0v) is 17.7. The van der Waals surface area contributed by atoms with E-state index in [-0.39, 0.29) is 28.0 Å². The van der Waals surface area contributed by atoms with E-state index in [0.717, 1.165) is 23.3 Å². The fourth-order valence-electron chi connectivity index (χ4n) is 3.27. The average molecular weight is 448 g/mol. The van der Waals surface area contributed by atoms with Crippen molar-refractivity contribution in [3.8, 4) is 0 Å². The number of rotatable bonds is 4. The second-order valence-corrected chi connectivity index (χ2v) is 9.86. The number of azo groups is 1. The first-order chi connectivity index (χ1) is 13.3. The first-order valence-corrected chi connectivity index (χ1v) is 10.9. The average Bonchev–Trinajstić information content (AvgIpc) is 3.10. The fourth-order valence-corrected chi connectivity index (χ4v) is 4.21. The van der Waals surface area contributed by atoms with Gasteiger partial charge < -0.3 is 4.90 Å². The van der Waals surface area contributed by atoms with Crippen LogP contribution in [0.3, 0.4) is 0 Å². The van der Waals surface area contributed by atoms with Crippen molar-refractivity contribution in [2.75, 3.05) is 16.7 Å². The van der Waals surface area contributed by atoms with E-state index in [1.54, 1.807) is 10.8 Å². The molecule has 0 bridgehead atoms. The Bertz CT molecular complexity index is 1040. The van der Waals surface area contributed by atoms with Crippen LogP contribution in [-0.2, 0) is 10.0 Å². The number of fused-ring (bicyclic) bond motifs is 1. The molecule has 158 valence electrons. The Morgan fingerprint density at radius 2 is 2.00 bits per heavy atom. The normalized spacial score (nSPS) is 19.4. The summed E-state index contributed by atoms with van der Waals surface area (Å²) in [6.45, 7) is 6.02. The molecule has 1 aliphatic rings. The van der Waals surface area contributed by atoms with E-state index in [4.69, 9.17) is 0 Å². The molecule has 2 aromatic rings. The van der Waals surface area contributed by atoms with Gasteiger partial charge in [-0.25, -0.2) is 0 Å². The predicted molar refractivity (Wildman–Crippen MR) is 105 cm³/mol. The van der Waals surface area contributed by atoms with Gasteiger partial charge in [0.05, 0.1) is 5.69 Å². The molecule has 1 aromatic heterocycles. The highest BCUT2D eigenvalue weighted by atomic mass is 32.2. The van der Waals surface area contributed by atoms with Gasteiger partial charge in [-0.15, -0.1) is 20.4 Å². The highest BCUT2D eigenvalue weighted by Gasteiger charge is 2.46. The molecule has 1 atom stereocenters. The van der Waals surface area contributed by atoms with Gasteiger partial charge in [-0.05, 0) is 43.9 Å². The molecule has 0 fully saturated rings. The van der Waals surface area contributed by atoms with Crippen LogP contribution >= 0.6 is 11.3 Å². The van der Waals surface area contributed by atoms with Gasteiger partial charge >= 0.3 is 15.5 Å². The molecule has 0 saturated carbocycles. The number of nitrogens with one attached hydrogen (secondary N) is 1. The molecule has 0 saturated heterocycles. The van der Waals surface area contributed by atoms with E-state index in [0.29, 0.717) is 5.69 Å². The van der Waals surface area contributed by atoms with Crippen molar-refractivity contribution in [3.05, 3.63) is 23.2 Å². The summed E-state index contributed by atoms with van der Waals surface area (Å²) >= 11 is 1.09. The van der Waals surface area contributed by atoms with Crippen molar-refractivity contribution >= 4 is 43.6 Å². The summed E-state index contributed by atoms with van der Waals surface area (Å²) in [5.41, 5.74) is -3.18. The Morgan fingerprint density at radius 1 is 1.31 bits per heavy atom. The summed E-state index contributed by atoms with van der Waals surface area (Å²) in [6, 6.07) is 2.93. The Kier molecular flexibility index (Phi) is 5.32. The van der Waals surface area contributed by atoms with Crippen molar-refractivity contribution < 1.29 is 21.6 Å². The molecule has 0 radical (unpaired) electrons.